The second-order valence-corrected chi connectivity index (χ2v) is 10.1. The van der Waals surface area contributed by atoms with Crippen LogP contribution in [-0.2, 0) is 16.2 Å². The van der Waals surface area contributed by atoms with Crippen LogP contribution in [0.15, 0.2) is 30.2 Å². The van der Waals surface area contributed by atoms with Crippen LogP contribution in [0.25, 0.3) is 5.57 Å². The van der Waals surface area contributed by atoms with Gasteiger partial charge in [0.1, 0.15) is 11.4 Å². The molecular weight excluding hydrogens is 462 g/mol. The zero-order chi connectivity index (χ0) is 25.9. The predicted octanol–water partition coefficient (Wildman–Crippen LogP) is 2.89. The molecule has 2 aliphatic heterocycles. The number of aromatic nitrogens is 3. The average molecular weight is 498 g/mol. The molecule has 3 N–H and O–H groups in total. The largest absolute Gasteiger partial charge is 0.512 e. The fourth-order valence-corrected chi connectivity index (χ4v) is 4.25. The SMILES string of the molecule is Cc1cc2n(n1)CNCC2=C(O)CCC(=O)Nc1ccc(N2CCN(C(=O)OC(C)(C)C)CC2)cn1. The number of carbonyl (C=O) groups is 2. The number of nitrogens with zero attached hydrogens (tertiary/aromatic N) is 5. The summed E-state index contributed by atoms with van der Waals surface area (Å²) in [5.74, 6) is 0.422. The number of carbonyl (C=O) groups excluding carboxylic acids is 2. The van der Waals surface area contributed by atoms with Crippen molar-refractivity contribution in [2.24, 2.45) is 0 Å². The van der Waals surface area contributed by atoms with Gasteiger partial charge in [-0.3, -0.25) is 14.8 Å². The first-order chi connectivity index (χ1) is 17.1. The summed E-state index contributed by atoms with van der Waals surface area (Å²) in [7, 11) is 0. The van der Waals surface area contributed by atoms with Crippen LogP contribution in [0.3, 0.4) is 0 Å². The van der Waals surface area contributed by atoms with Gasteiger partial charge in [-0.25, -0.2) is 9.78 Å². The molecule has 0 aliphatic carbocycles. The van der Waals surface area contributed by atoms with E-state index >= 15 is 0 Å². The summed E-state index contributed by atoms with van der Waals surface area (Å²) < 4.78 is 7.26. The Morgan fingerprint density at radius 1 is 1.17 bits per heavy atom. The molecule has 36 heavy (non-hydrogen) atoms. The van der Waals surface area contributed by atoms with Crippen LogP contribution in [0.5, 0.6) is 0 Å². The van der Waals surface area contributed by atoms with Crippen LogP contribution < -0.4 is 15.5 Å². The summed E-state index contributed by atoms with van der Waals surface area (Å²) in [5, 5.41) is 21.0. The normalized spacial score (nSPS) is 17.4. The third-order valence-electron chi connectivity index (χ3n) is 6.02. The Labute approximate surface area is 211 Å². The minimum absolute atomic E-state index is 0.137. The Kier molecular flexibility index (Phi) is 7.48. The molecular formula is C25H35N7O4. The highest BCUT2D eigenvalue weighted by atomic mass is 16.6. The van der Waals surface area contributed by atoms with Gasteiger partial charge in [0.2, 0.25) is 5.91 Å². The number of allylic oxidation sites excluding steroid dienone is 1. The number of piperazine rings is 1. The van der Waals surface area contributed by atoms with E-state index in [0.29, 0.717) is 45.2 Å². The van der Waals surface area contributed by atoms with E-state index in [1.165, 1.54) is 0 Å². The van der Waals surface area contributed by atoms with Crippen molar-refractivity contribution >= 4 is 29.1 Å². The van der Waals surface area contributed by atoms with Gasteiger partial charge in [-0.05, 0) is 45.9 Å². The highest BCUT2D eigenvalue weighted by Gasteiger charge is 2.26. The zero-order valence-corrected chi connectivity index (χ0v) is 21.4. The number of nitrogens with one attached hydrogen (secondary N) is 2. The van der Waals surface area contributed by atoms with E-state index in [9.17, 15) is 14.7 Å². The minimum atomic E-state index is -0.510. The molecule has 0 unspecified atom stereocenters. The Morgan fingerprint density at radius 2 is 1.92 bits per heavy atom. The lowest BCUT2D eigenvalue weighted by atomic mass is 10.1. The molecule has 0 radical (unpaired) electrons. The molecule has 1 saturated heterocycles. The molecule has 0 aromatic carbocycles. The first-order valence-electron chi connectivity index (χ1n) is 12.2. The first kappa shape index (κ1) is 25.5. The smallest absolute Gasteiger partial charge is 0.410 e. The molecule has 194 valence electrons. The number of hydrogen-bond acceptors (Lipinski definition) is 8. The molecule has 0 atom stereocenters. The Bertz CT molecular complexity index is 1130. The molecule has 11 heteroatoms. The summed E-state index contributed by atoms with van der Waals surface area (Å²) >= 11 is 0. The lowest BCUT2D eigenvalue weighted by Crippen LogP contribution is -2.50. The van der Waals surface area contributed by atoms with Gasteiger partial charge in [0.15, 0.2) is 0 Å². The van der Waals surface area contributed by atoms with Crippen LogP contribution >= 0.6 is 0 Å². The quantitative estimate of drug-likeness (QED) is 0.539. The van der Waals surface area contributed by atoms with Crippen LogP contribution in [0.2, 0.25) is 0 Å². The third kappa shape index (κ3) is 6.34. The molecule has 1 fully saturated rings. The molecule has 0 bridgehead atoms. The standard InChI is InChI=1S/C25H35N7O4/c1-17-13-20-19(15-26-16-32(20)29-17)21(33)6-8-23(34)28-22-7-5-18(14-27-22)30-9-11-31(12-10-30)24(35)36-25(2,3)4/h5,7,13-14,26,33H,6,8-12,15-16H2,1-4H3,(H,27,28,34). The molecule has 2 aliphatic rings. The summed E-state index contributed by atoms with van der Waals surface area (Å²) in [5.41, 5.74) is 2.95. The minimum Gasteiger partial charge on any atom is -0.512 e. The number of anilines is 2. The number of amides is 2. The number of rotatable bonds is 5. The third-order valence-corrected chi connectivity index (χ3v) is 6.02. The number of aliphatic hydroxyl groups is 1. The van der Waals surface area contributed by atoms with E-state index < -0.39 is 5.60 Å². The topological polar surface area (TPSA) is 125 Å². The van der Waals surface area contributed by atoms with Gasteiger partial charge in [-0.1, -0.05) is 0 Å². The molecule has 2 amide bonds. The van der Waals surface area contributed by atoms with Crippen LogP contribution in [0.1, 0.15) is 45.0 Å². The fraction of sp³-hybridized carbons (Fsp3) is 0.520. The molecule has 2 aromatic heterocycles. The van der Waals surface area contributed by atoms with Crippen molar-refractivity contribution in [3.05, 3.63) is 41.5 Å². The fourth-order valence-electron chi connectivity index (χ4n) is 4.25. The Morgan fingerprint density at radius 3 is 2.58 bits per heavy atom. The second kappa shape index (κ2) is 10.6. The zero-order valence-electron chi connectivity index (χ0n) is 21.4. The predicted molar refractivity (Wildman–Crippen MR) is 137 cm³/mol. The van der Waals surface area contributed by atoms with Crippen molar-refractivity contribution in [2.75, 3.05) is 42.9 Å². The van der Waals surface area contributed by atoms with Crippen molar-refractivity contribution in [2.45, 2.75) is 52.8 Å². The van der Waals surface area contributed by atoms with Gasteiger partial charge in [-0.2, -0.15) is 5.10 Å². The Hall–Kier alpha value is -3.60. The van der Waals surface area contributed by atoms with Crippen molar-refractivity contribution in [3.8, 4) is 0 Å². The number of hydrogen-bond donors (Lipinski definition) is 3. The number of ether oxygens (including phenoxy) is 1. The average Bonchev–Trinajstić information content (AvgIpc) is 3.22. The number of aryl methyl sites for hydroxylation is 1. The molecule has 0 saturated carbocycles. The van der Waals surface area contributed by atoms with Gasteiger partial charge in [0, 0.05) is 51.1 Å². The molecule has 4 rings (SSSR count). The summed E-state index contributed by atoms with van der Waals surface area (Å²) in [6.45, 7) is 11.1. The van der Waals surface area contributed by atoms with E-state index in [-0.39, 0.29) is 30.6 Å². The summed E-state index contributed by atoms with van der Waals surface area (Å²) in [6, 6.07) is 5.61. The molecule has 0 spiro atoms. The molecule has 2 aromatic rings. The van der Waals surface area contributed by atoms with E-state index in [0.717, 1.165) is 22.6 Å². The maximum Gasteiger partial charge on any atom is 0.410 e. The summed E-state index contributed by atoms with van der Waals surface area (Å²) in [6.07, 6.45) is 1.79. The first-order valence-corrected chi connectivity index (χ1v) is 12.2. The van der Waals surface area contributed by atoms with E-state index in [1.807, 2.05) is 44.5 Å². The van der Waals surface area contributed by atoms with Crippen LogP contribution in [0.4, 0.5) is 16.3 Å². The lowest BCUT2D eigenvalue weighted by molar-refractivity contribution is -0.116. The van der Waals surface area contributed by atoms with Gasteiger partial charge in [0.25, 0.3) is 0 Å². The number of pyridine rings is 1. The lowest BCUT2D eigenvalue weighted by Gasteiger charge is -2.36. The summed E-state index contributed by atoms with van der Waals surface area (Å²) in [4.78, 5) is 32.9. The van der Waals surface area contributed by atoms with Gasteiger partial charge in [-0.15, -0.1) is 0 Å². The van der Waals surface area contributed by atoms with E-state index in [4.69, 9.17) is 4.74 Å². The van der Waals surface area contributed by atoms with E-state index in [1.54, 1.807) is 17.2 Å². The van der Waals surface area contributed by atoms with Crippen molar-refractivity contribution in [3.63, 3.8) is 0 Å². The van der Waals surface area contributed by atoms with Gasteiger partial charge < -0.3 is 25.0 Å². The van der Waals surface area contributed by atoms with E-state index in [2.05, 4.69) is 25.6 Å². The van der Waals surface area contributed by atoms with Crippen LogP contribution in [0, 0.1) is 6.92 Å². The van der Waals surface area contributed by atoms with Gasteiger partial charge in [0.05, 0.1) is 35.7 Å². The maximum absolute atomic E-state index is 12.5. The molecule has 4 heterocycles. The van der Waals surface area contributed by atoms with Crippen molar-refractivity contribution in [1.82, 2.24) is 25.0 Å². The highest BCUT2D eigenvalue weighted by molar-refractivity contribution is 5.90. The van der Waals surface area contributed by atoms with Gasteiger partial charge >= 0.3 is 6.09 Å². The molecule has 11 nitrogen and oxygen atoms in total. The monoisotopic (exact) mass is 497 g/mol. The van der Waals surface area contributed by atoms with Crippen molar-refractivity contribution in [1.29, 1.82) is 0 Å². The van der Waals surface area contributed by atoms with Crippen LogP contribution in [-0.4, -0.2) is 75.1 Å². The Balaban J connectivity index is 1.26. The second-order valence-electron chi connectivity index (χ2n) is 10.1. The number of aliphatic hydroxyl groups excluding tert-OH is 1. The highest BCUT2D eigenvalue weighted by Crippen LogP contribution is 2.24. The van der Waals surface area contributed by atoms with Crippen molar-refractivity contribution < 1.29 is 19.4 Å². The maximum atomic E-state index is 12.5. The number of fused-ring (bicyclic) bond motifs is 1.